The molecule has 14 nitrogen and oxygen atoms in total. The van der Waals surface area contributed by atoms with E-state index in [1.165, 1.54) is 30.1 Å². The number of hydrogen-bond acceptors (Lipinski definition) is 9. The van der Waals surface area contributed by atoms with Gasteiger partial charge < -0.3 is 30.1 Å². The van der Waals surface area contributed by atoms with Crippen molar-refractivity contribution in [3.8, 4) is 0 Å². The fourth-order valence-electron chi connectivity index (χ4n) is 6.92. The number of aromatic nitrogens is 1. The number of carbonyl (C=O) groups excluding carboxylic acids is 2. The van der Waals surface area contributed by atoms with E-state index in [0.717, 1.165) is 23.8 Å². The molecule has 3 aromatic rings. The Hall–Kier alpha value is -5.22. The fraction of sp³-hybridized carbons (Fsp3) is 0.353. The number of carbonyl (C=O) groups is 5. The average Bonchev–Trinajstić information content (AvgIpc) is 3.93. The number of pyridine rings is 1. The molecular weight excluding hydrogens is 673 g/mol. The number of carboxylic acid groups (broad SMARTS) is 3. The second-order valence-electron chi connectivity index (χ2n) is 12.7. The minimum Gasteiger partial charge on any atom is -0.480 e. The van der Waals surface area contributed by atoms with Crippen molar-refractivity contribution in [3.05, 3.63) is 87.1 Å². The van der Waals surface area contributed by atoms with Crippen LogP contribution in [0.15, 0.2) is 64.7 Å². The van der Waals surface area contributed by atoms with Crippen LogP contribution in [0.2, 0.25) is 0 Å². The number of aromatic carboxylic acids is 1. The molecule has 4 aliphatic rings. The van der Waals surface area contributed by atoms with E-state index < -0.39 is 63.9 Å². The number of anilines is 1. The molecule has 0 spiro atoms. The molecule has 7 rings (SSSR count). The highest BCUT2D eigenvalue weighted by atomic mass is 32.2. The van der Waals surface area contributed by atoms with Gasteiger partial charge in [0.1, 0.15) is 28.5 Å². The molecule has 3 fully saturated rings. The summed E-state index contributed by atoms with van der Waals surface area (Å²) in [6, 6.07) is 9.56. The van der Waals surface area contributed by atoms with Crippen LogP contribution in [0.3, 0.4) is 0 Å². The zero-order valence-electron chi connectivity index (χ0n) is 26.5. The molecule has 3 aliphatic heterocycles. The molecule has 1 saturated carbocycles. The van der Waals surface area contributed by atoms with Gasteiger partial charge >= 0.3 is 17.9 Å². The molecule has 0 radical (unpaired) electrons. The number of amides is 2. The first-order valence-electron chi connectivity index (χ1n) is 16.0. The van der Waals surface area contributed by atoms with Crippen molar-refractivity contribution in [2.75, 3.05) is 43.4 Å². The summed E-state index contributed by atoms with van der Waals surface area (Å²) in [5.74, 6) is -7.45. The minimum atomic E-state index is -1.54. The SMILES string of the molecule is O=C(O)C1=C(CN2CCN(c3cc4c(cc3F)c(=O)c(C(=O)O)cn4C3CC3)CC2)CS[C@@H]2[C@H](NC(=O)C(C(=O)O)c3ccccc3)C(=O)N12. The topological polar surface area (TPSA) is 190 Å². The van der Waals surface area contributed by atoms with Gasteiger partial charge in [-0.1, -0.05) is 30.3 Å². The van der Waals surface area contributed by atoms with Crippen LogP contribution < -0.4 is 15.6 Å². The highest BCUT2D eigenvalue weighted by molar-refractivity contribution is 8.00. The van der Waals surface area contributed by atoms with Gasteiger partial charge in [-0.25, -0.2) is 14.0 Å². The first-order chi connectivity index (χ1) is 23.9. The van der Waals surface area contributed by atoms with E-state index in [1.54, 1.807) is 28.8 Å². The summed E-state index contributed by atoms with van der Waals surface area (Å²) in [7, 11) is 0. The Morgan fingerprint density at radius 3 is 2.28 bits per heavy atom. The minimum absolute atomic E-state index is 0.0122. The van der Waals surface area contributed by atoms with Gasteiger partial charge in [0.15, 0.2) is 5.92 Å². The van der Waals surface area contributed by atoms with Crippen LogP contribution >= 0.6 is 11.8 Å². The quantitative estimate of drug-likeness (QED) is 0.177. The van der Waals surface area contributed by atoms with E-state index >= 15 is 4.39 Å². The smallest absolute Gasteiger partial charge is 0.352 e. The molecule has 260 valence electrons. The summed E-state index contributed by atoms with van der Waals surface area (Å²) >= 11 is 1.28. The zero-order valence-corrected chi connectivity index (χ0v) is 27.3. The van der Waals surface area contributed by atoms with Crippen LogP contribution in [0.1, 0.15) is 40.7 Å². The number of hydrogen-bond donors (Lipinski definition) is 4. The third kappa shape index (κ3) is 5.87. The Bertz CT molecular complexity index is 2040. The van der Waals surface area contributed by atoms with Gasteiger partial charge in [0.2, 0.25) is 11.3 Å². The van der Waals surface area contributed by atoms with E-state index in [2.05, 4.69) is 5.32 Å². The van der Waals surface area contributed by atoms with Crippen LogP contribution in [0.4, 0.5) is 10.1 Å². The second kappa shape index (κ2) is 12.9. The van der Waals surface area contributed by atoms with Crippen molar-refractivity contribution < 1.29 is 43.7 Å². The van der Waals surface area contributed by atoms with Gasteiger partial charge in [0.05, 0.1) is 11.2 Å². The molecule has 2 aromatic carbocycles. The number of nitrogens with one attached hydrogen (secondary N) is 1. The number of rotatable bonds is 10. The monoisotopic (exact) mass is 705 g/mol. The maximum absolute atomic E-state index is 15.5. The number of piperazine rings is 1. The Labute approximate surface area is 287 Å². The number of benzene rings is 2. The third-order valence-corrected chi connectivity index (χ3v) is 10.9. The highest BCUT2D eigenvalue weighted by Crippen LogP contribution is 2.41. The van der Waals surface area contributed by atoms with Crippen LogP contribution in [0.25, 0.3) is 10.9 Å². The van der Waals surface area contributed by atoms with Crippen molar-refractivity contribution in [2.24, 2.45) is 0 Å². The van der Waals surface area contributed by atoms with Gasteiger partial charge in [-0.05, 0) is 36.1 Å². The van der Waals surface area contributed by atoms with E-state index in [9.17, 15) is 44.1 Å². The lowest BCUT2D eigenvalue weighted by molar-refractivity contribution is -0.152. The molecule has 4 heterocycles. The summed E-state index contributed by atoms with van der Waals surface area (Å²) in [6.07, 6.45) is 2.99. The summed E-state index contributed by atoms with van der Waals surface area (Å²) < 4.78 is 17.2. The van der Waals surface area contributed by atoms with Gasteiger partial charge in [-0.15, -0.1) is 11.8 Å². The largest absolute Gasteiger partial charge is 0.480 e. The van der Waals surface area contributed by atoms with Gasteiger partial charge in [-0.3, -0.25) is 29.0 Å². The third-order valence-electron chi connectivity index (χ3n) is 9.59. The molecule has 2 amide bonds. The molecule has 1 aromatic heterocycles. The second-order valence-corrected chi connectivity index (χ2v) is 13.8. The molecule has 0 bridgehead atoms. The van der Waals surface area contributed by atoms with Crippen molar-refractivity contribution in [2.45, 2.75) is 36.2 Å². The Morgan fingerprint density at radius 2 is 1.66 bits per heavy atom. The van der Waals surface area contributed by atoms with Crippen LogP contribution in [0, 0.1) is 5.82 Å². The van der Waals surface area contributed by atoms with Gasteiger partial charge in [0, 0.05) is 56.1 Å². The predicted octanol–water partition coefficient (Wildman–Crippen LogP) is 1.90. The number of fused-ring (bicyclic) bond motifs is 2. The lowest BCUT2D eigenvalue weighted by Gasteiger charge is -2.50. The fourth-order valence-corrected chi connectivity index (χ4v) is 8.25. The Kier molecular flexibility index (Phi) is 8.59. The van der Waals surface area contributed by atoms with E-state index in [0.29, 0.717) is 37.3 Å². The molecule has 16 heteroatoms. The number of aliphatic carboxylic acids is 2. The van der Waals surface area contributed by atoms with Crippen LogP contribution in [-0.4, -0.2) is 109 Å². The van der Waals surface area contributed by atoms with Crippen molar-refractivity contribution >= 4 is 58.1 Å². The van der Waals surface area contributed by atoms with E-state index in [1.807, 2.05) is 9.80 Å². The number of β-lactam (4-membered cyclic amide) rings is 1. The Balaban J connectivity index is 1.04. The first-order valence-corrected chi connectivity index (χ1v) is 17.1. The lowest BCUT2D eigenvalue weighted by atomic mass is 9.96. The number of thioether (sulfide) groups is 1. The summed E-state index contributed by atoms with van der Waals surface area (Å²) in [5.41, 5.74) is 0.220. The molecule has 1 unspecified atom stereocenters. The zero-order chi connectivity index (χ0) is 35.4. The van der Waals surface area contributed by atoms with Crippen molar-refractivity contribution in [1.82, 2.24) is 19.7 Å². The number of halogens is 1. The predicted molar refractivity (Wildman–Crippen MR) is 179 cm³/mol. The lowest BCUT2D eigenvalue weighted by Crippen LogP contribution is -2.71. The maximum Gasteiger partial charge on any atom is 0.352 e. The normalized spacial score (nSPS) is 21.4. The summed E-state index contributed by atoms with van der Waals surface area (Å²) in [6.45, 7) is 1.90. The summed E-state index contributed by atoms with van der Waals surface area (Å²) in [4.78, 5) is 80.1. The van der Waals surface area contributed by atoms with Gasteiger partial charge in [-0.2, -0.15) is 0 Å². The van der Waals surface area contributed by atoms with E-state index in [-0.39, 0.29) is 40.7 Å². The number of carboxylic acids is 3. The number of nitrogens with zero attached hydrogens (tertiary/aromatic N) is 4. The molecule has 50 heavy (non-hydrogen) atoms. The van der Waals surface area contributed by atoms with Gasteiger partial charge in [0.25, 0.3) is 5.91 Å². The standard InChI is InChI=1S/C34H32FN5O9S/c35-22-12-20-23(39(19-6-7-19)15-21(28(20)41)32(44)45)13-24(22)38-10-8-37(9-11-38)14-18-16-50-31-26(30(43)40(31)27(18)34(48)49)36-29(42)25(33(46)47)17-4-2-1-3-5-17/h1-5,12-13,15,19,25-26,31H,6-11,14,16H2,(H,36,42)(H,44,45)(H,46,47)(H,48,49)/t25?,26-,31-/m1/s1. The van der Waals surface area contributed by atoms with Crippen molar-refractivity contribution in [1.29, 1.82) is 0 Å². The maximum atomic E-state index is 15.5. The van der Waals surface area contributed by atoms with Crippen LogP contribution in [-0.2, 0) is 19.2 Å². The molecule has 4 N–H and O–H groups in total. The van der Waals surface area contributed by atoms with E-state index in [4.69, 9.17) is 0 Å². The molecular formula is C34H32FN5O9S. The van der Waals surface area contributed by atoms with Crippen molar-refractivity contribution in [3.63, 3.8) is 0 Å². The molecule has 3 atom stereocenters. The van der Waals surface area contributed by atoms with Crippen LogP contribution in [0.5, 0.6) is 0 Å². The highest BCUT2D eigenvalue weighted by Gasteiger charge is 2.55. The summed E-state index contributed by atoms with van der Waals surface area (Å²) in [5, 5.41) is 31.2. The average molecular weight is 706 g/mol. The Morgan fingerprint density at radius 1 is 0.960 bits per heavy atom. The molecule has 2 saturated heterocycles. The molecule has 1 aliphatic carbocycles. The first kappa shape index (κ1) is 33.3.